The number of para-hydroxylation sites is 2. The number of carbonyl (C=O) groups excluding carboxylic acids is 1. The molecule has 0 aromatic heterocycles. The maximum atomic E-state index is 12.9. The number of hydrogen-bond donors (Lipinski definition) is 0. The third-order valence-corrected chi connectivity index (χ3v) is 7.61. The topological polar surface area (TPSA) is 76.1 Å². The minimum Gasteiger partial charge on any atom is -0.486 e. The number of sulfonamides is 1. The van der Waals surface area contributed by atoms with Crippen LogP contribution < -0.4 is 9.47 Å². The number of nitrogens with zero attached hydrogens (tertiary/aromatic N) is 2. The van der Waals surface area contributed by atoms with Gasteiger partial charge in [0.05, 0.1) is 11.4 Å². The van der Waals surface area contributed by atoms with Crippen LogP contribution in [0, 0.1) is 0 Å². The van der Waals surface area contributed by atoms with E-state index in [1.165, 1.54) is 12.1 Å². The van der Waals surface area contributed by atoms with Crippen molar-refractivity contribution in [3.63, 3.8) is 0 Å². The van der Waals surface area contributed by atoms with Crippen molar-refractivity contribution in [2.45, 2.75) is 36.7 Å². The van der Waals surface area contributed by atoms with Crippen LogP contribution in [0.5, 0.6) is 11.5 Å². The number of carbonyl (C=O) groups is 1. The second kappa shape index (κ2) is 9.28. The van der Waals surface area contributed by atoms with Gasteiger partial charge in [-0.2, -0.15) is 4.31 Å². The molecular weight excluding hydrogens is 416 g/mol. The van der Waals surface area contributed by atoms with Gasteiger partial charge in [0.15, 0.2) is 17.6 Å². The average molecular weight is 445 g/mol. The van der Waals surface area contributed by atoms with Crippen LogP contribution >= 0.6 is 0 Å². The van der Waals surface area contributed by atoms with Gasteiger partial charge < -0.3 is 14.4 Å². The van der Waals surface area contributed by atoms with Gasteiger partial charge in [0, 0.05) is 25.7 Å². The summed E-state index contributed by atoms with van der Waals surface area (Å²) in [4.78, 5) is 14.6. The fourth-order valence-corrected chi connectivity index (χ4v) is 5.48. The molecule has 2 aliphatic heterocycles. The van der Waals surface area contributed by atoms with E-state index in [1.807, 2.05) is 24.3 Å². The Hall–Kier alpha value is -2.58. The molecular formula is C23H28N2O5S. The molecule has 0 aliphatic carbocycles. The molecule has 1 amide bonds. The zero-order valence-electron chi connectivity index (χ0n) is 17.7. The minimum atomic E-state index is -3.53. The zero-order valence-corrected chi connectivity index (χ0v) is 18.5. The molecule has 0 radical (unpaired) electrons. The van der Waals surface area contributed by atoms with Gasteiger partial charge in [-0.25, -0.2) is 8.42 Å². The molecule has 166 valence electrons. The van der Waals surface area contributed by atoms with Gasteiger partial charge in [0.2, 0.25) is 10.0 Å². The SMILES string of the molecule is CN(CC1COc2ccccc2O1)C(=O)c1ccc(S(=O)(=O)N2CCCCCC2)cc1. The van der Waals surface area contributed by atoms with Crippen LogP contribution in [0.2, 0.25) is 0 Å². The lowest BCUT2D eigenvalue weighted by molar-refractivity contribution is 0.0521. The van der Waals surface area contributed by atoms with Gasteiger partial charge in [0.25, 0.3) is 5.91 Å². The highest BCUT2D eigenvalue weighted by molar-refractivity contribution is 7.89. The third kappa shape index (κ3) is 4.85. The summed E-state index contributed by atoms with van der Waals surface area (Å²) >= 11 is 0. The fourth-order valence-electron chi connectivity index (χ4n) is 3.96. The van der Waals surface area contributed by atoms with E-state index in [0.717, 1.165) is 25.7 Å². The van der Waals surface area contributed by atoms with Crippen LogP contribution in [0.4, 0.5) is 0 Å². The number of likely N-dealkylation sites (N-methyl/N-ethyl adjacent to an activating group) is 1. The fraction of sp³-hybridized carbons (Fsp3) is 0.435. The lowest BCUT2D eigenvalue weighted by atomic mass is 10.2. The lowest BCUT2D eigenvalue weighted by Gasteiger charge is -2.29. The molecule has 2 aromatic rings. The van der Waals surface area contributed by atoms with Crippen molar-refractivity contribution in [1.29, 1.82) is 0 Å². The maximum Gasteiger partial charge on any atom is 0.253 e. The van der Waals surface area contributed by atoms with Crippen molar-refractivity contribution < 1.29 is 22.7 Å². The first kappa shape index (κ1) is 21.6. The first-order valence-electron chi connectivity index (χ1n) is 10.7. The Labute approximate surface area is 183 Å². The number of benzene rings is 2. The summed E-state index contributed by atoms with van der Waals surface area (Å²) in [6.45, 7) is 1.83. The smallest absolute Gasteiger partial charge is 0.253 e. The van der Waals surface area contributed by atoms with Crippen LogP contribution in [0.15, 0.2) is 53.4 Å². The van der Waals surface area contributed by atoms with Gasteiger partial charge in [0.1, 0.15) is 6.61 Å². The van der Waals surface area contributed by atoms with Crippen LogP contribution in [0.1, 0.15) is 36.0 Å². The Balaban J connectivity index is 1.40. The number of fused-ring (bicyclic) bond motifs is 1. The van der Waals surface area contributed by atoms with E-state index in [4.69, 9.17) is 9.47 Å². The van der Waals surface area contributed by atoms with Crippen molar-refractivity contribution in [2.24, 2.45) is 0 Å². The highest BCUT2D eigenvalue weighted by Gasteiger charge is 2.27. The predicted octanol–water partition coefficient (Wildman–Crippen LogP) is 3.16. The molecule has 1 unspecified atom stereocenters. The Kier molecular flexibility index (Phi) is 6.48. The lowest BCUT2D eigenvalue weighted by Crippen LogP contribution is -2.41. The van der Waals surface area contributed by atoms with Crippen LogP contribution in [0.25, 0.3) is 0 Å². The number of ether oxygens (including phenoxy) is 2. The van der Waals surface area contributed by atoms with E-state index < -0.39 is 10.0 Å². The molecule has 0 N–H and O–H groups in total. The highest BCUT2D eigenvalue weighted by atomic mass is 32.2. The minimum absolute atomic E-state index is 0.193. The average Bonchev–Trinajstić information content (AvgIpc) is 3.09. The largest absolute Gasteiger partial charge is 0.486 e. The summed E-state index contributed by atoms with van der Waals surface area (Å²) < 4.78 is 39.0. The normalized spacial score (nSPS) is 19.5. The molecule has 2 aromatic carbocycles. The second-order valence-corrected chi connectivity index (χ2v) is 9.96. The van der Waals surface area contributed by atoms with E-state index in [-0.39, 0.29) is 16.9 Å². The Bertz CT molecular complexity index is 1010. The molecule has 31 heavy (non-hydrogen) atoms. The monoisotopic (exact) mass is 444 g/mol. The van der Waals surface area contributed by atoms with Crippen molar-refractivity contribution in [3.05, 3.63) is 54.1 Å². The number of hydrogen-bond acceptors (Lipinski definition) is 5. The summed E-state index contributed by atoms with van der Waals surface area (Å²) in [5, 5.41) is 0. The molecule has 4 rings (SSSR count). The third-order valence-electron chi connectivity index (χ3n) is 5.70. The molecule has 0 bridgehead atoms. The number of amides is 1. The van der Waals surface area contributed by atoms with Crippen molar-refractivity contribution in [3.8, 4) is 11.5 Å². The first-order chi connectivity index (χ1) is 14.9. The highest BCUT2D eigenvalue weighted by Crippen LogP contribution is 2.31. The summed E-state index contributed by atoms with van der Waals surface area (Å²) in [6, 6.07) is 13.7. The Morgan fingerprint density at radius 1 is 1.00 bits per heavy atom. The van der Waals surface area contributed by atoms with Crippen LogP contribution in [-0.2, 0) is 10.0 Å². The summed E-state index contributed by atoms with van der Waals surface area (Å²) in [7, 11) is -1.82. The van der Waals surface area contributed by atoms with Crippen molar-refractivity contribution >= 4 is 15.9 Å². The molecule has 1 saturated heterocycles. The van der Waals surface area contributed by atoms with Crippen LogP contribution in [-0.4, -0.2) is 62.9 Å². The second-order valence-electron chi connectivity index (χ2n) is 8.03. The molecule has 1 atom stereocenters. The van der Waals surface area contributed by atoms with E-state index in [0.29, 0.717) is 43.3 Å². The van der Waals surface area contributed by atoms with Gasteiger partial charge in [-0.05, 0) is 49.2 Å². The van der Waals surface area contributed by atoms with Gasteiger partial charge >= 0.3 is 0 Å². The van der Waals surface area contributed by atoms with E-state index >= 15 is 0 Å². The van der Waals surface area contributed by atoms with Crippen molar-refractivity contribution in [1.82, 2.24) is 9.21 Å². The van der Waals surface area contributed by atoms with E-state index in [9.17, 15) is 13.2 Å². The molecule has 0 spiro atoms. The van der Waals surface area contributed by atoms with E-state index in [2.05, 4.69) is 0 Å². The molecule has 0 saturated carbocycles. The van der Waals surface area contributed by atoms with Crippen LogP contribution in [0.3, 0.4) is 0 Å². The summed E-state index contributed by atoms with van der Waals surface area (Å²) in [5.74, 6) is 1.18. The van der Waals surface area contributed by atoms with Gasteiger partial charge in [-0.3, -0.25) is 4.79 Å². The van der Waals surface area contributed by atoms with E-state index in [1.54, 1.807) is 28.4 Å². The molecule has 2 heterocycles. The van der Waals surface area contributed by atoms with Gasteiger partial charge in [-0.15, -0.1) is 0 Å². The summed E-state index contributed by atoms with van der Waals surface area (Å²) in [5.41, 5.74) is 0.439. The van der Waals surface area contributed by atoms with Gasteiger partial charge in [-0.1, -0.05) is 25.0 Å². The van der Waals surface area contributed by atoms with Crippen molar-refractivity contribution in [2.75, 3.05) is 33.3 Å². The number of rotatable bonds is 5. The first-order valence-corrected chi connectivity index (χ1v) is 12.1. The molecule has 2 aliphatic rings. The Morgan fingerprint density at radius 3 is 2.32 bits per heavy atom. The standard InChI is InChI=1S/C23H28N2O5S/c1-24(16-19-17-29-21-8-4-5-9-22(21)30-19)23(26)18-10-12-20(13-11-18)31(27,28)25-14-6-2-3-7-15-25/h4-5,8-13,19H,2-3,6-7,14-17H2,1H3. The molecule has 7 nitrogen and oxygen atoms in total. The predicted molar refractivity (Wildman–Crippen MR) is 117 cm³/mol. The quantitative estimate of drug-likeness (QED) is 0.708. The summed E-state index contributed by atoms with van der Waals surface area (Å²) in [6.07, 6.45) is 3.63. The molecule has 8 heteroatoms. The zero-order chi connectivity index (χ0) is 21.8. The molecule has 1 fully saturated rings. The maximum absolute atomic E-state index is 12.9. The Morgan fingerprint density at radius 2 is 1.65 bits per heavy atom.